The number of nitrogens with one attached hydrogen (secondary N) is 11. The molecule has 24 N–H and O–H groups in total. The van der Waals surface area contributed by atoms with Crippen molar-refractivity contribution in [3.63, 3.8) is 0 Å². The minimum atomic E-state index is -2.19. The number of nitrogens with zero attached hydrogens (tertiary/aromatic N) is 3. The number of likely N-dealkylation sites (tertiary alicyclic amines) is 1. The normalized spacial score (nSPS) is 17.0. The molecule has 1 saturated heterocycles. The molecule has 38 nitrogen and oxygen atoms in total. The number of hydrogen-bond acceptors (Lipinski definition) is 21. The molecule has 13 amide bonds. The monoisotopic (exact) mass is 1220 g/mol. The van der Waals surface area contributed by atoms with Crippen molar-refractivity contribution in [2.45, 2.75) is 157 Å². The summed E-state index contributed by atoms with van der Waals surface area (Å²) in [6.07, 6.45) is -2.89. The SMILES string of the molecule is C[C@H](NC(=O)[C@H](CCC(N)=O)NC(=O)[C@H](CC(N)=O)NC(=O)[C@@H]1CCCN1C(=O)[C@H](CO)NC(=O)[C@H](CC(=O)O)NC(=O)[C@H](CC(N)=O)NC(=O)[C@@H](NC(=O)[C@H](Cc1cnc[nH]1)NC(=O)[C@@H](NC(=O)[C@@H](N)Cc1cnc[nH]1)[C@@H](C)O)[C@@H](C)O)C(=O)O. The molecule has 3 heterocycles. The van der Waals surface area contributed by atoms with Crippen LogP contribution in [0.2, 0.25) is 0 Å². The van der Waals surface area contributed by atoms with Crippen LogP contribution >= 0.6 is 0 Å². The number of H-pyrrole nitrogens is 2. The van der Waals surface area contributed by atoms with E-state index in [1.165, 1.54) is 25.0 Å². The summed E-state index contributed by atoms with van der Waals surface area (Å²) < 4.78 is 0. The Morgan fingerprint density at radius 1 is 0.570 bits per heavy atom. The van der Waals surface area contributed by atoms with Gasteiger partial charge in [0.05, 0.1) is 56.8 Å². The van der Waals surface area contributed by atoms with E-state index in [2.05, 4.69) is 62.5 Å². The number of carboxylic acid groups (broad SMARTS) is 2. The lowest BCUT2D eigenvalue weighted by atomic mass is 10.0. The van der Waals surface area contributed by atoms with Crippen molar-refractivity contribution in [1.82, 2.24) is 72.7 Å². The summed E-state index contributed by atoms with van der Waals surface area (Å²) in [4.78, 5) is 209. The molecule has 0 aliphatic carbocycles. The first-order valence-electron chi connectivity index (χ1n) is 26.3. The first kappa shape index (κ1) is 70.6. The van der Waals surface area contributed by atoms with E-state index in [4.69, 9.17) is 22.9 Å². The van der Waals surface area contributed by atoms with Gasteiger partial charge in [-0.3, -0.25) is 71.9 Å². The number of carbonyl (C=O) groups is 15. The molecule has 0 unspecified atom stereocenters. The molecule has 0 radical (unpaired) electrons. The zero-order valence-corrected chi connectivity index (χ0v) is 46.6. The zero-order chi connectivity index (χ0) is 64.7. The molecule has 0 saturated carbocycles. The molecular weight excluding hydrogens is 1150 g/mol. The summed E-state index contributed by atoms with van der Waals surface area (Å²) in [6, 6.07) is -19.5. The maximum absolute atomic E-state index is 14.0. The number of aliphatic hydroxyl groups excluding tert-OH is 3. The molecule has 0 bridgehead atoms. The van der Waals surface area contributed by atoms with E-state index in [1.807, 2.05) is 5.32 Å². The van der Waals surface area contributed by atoms with Gasteiger partial charge in [-0.15, -0.1) is 0 Å². The molecule has 1 aliphatic rings. The molecule has 38 heteroatoms. The summed E-state index contributed by atoms with van der Waals surface area (Å²) in [5.41, 5.74) is 22.6. The first-order valence-corrected chi connectivity index (χ1v) is 26.3. The highest BCUT2D eigenvalue weighted by atomic mass is 16.4. The molecular formula is C48H72N18O20. The maximum atomic E-state index is 14.0. The van der Waals surface area contributed by atoms with Gasteiger partial charge in [0, 0.05) is 49.6 Å². The first-order chi connectivity index (χ1) is 40.3. The van der Waals surface area contributed by atoms with Gasteiger partial charge in [0.15, 0.2) is 0 Å². The third kappa shape index (κ3) is 22.5. The Morgan fingerprint density at radius 3 is 1.48 bits per heavy atom. The highest BCUT2D eigenvalue weighted by molar-refractivity contribution is 6.01. The third-order valence-corrected chi connectivity index (χ3v) is 12.8. The number of carbonyl (C=O) groups excluding carboxylic acids is 13. The molecule has 474 valence electrons. The van der Waals surface area contributed by atoms with Gasteiger partial charge in [0.2, 0.25) is 76.8 Å². The number of carboxylic acids is 2. The largest absolute Gasteiger partial charge is 0.481 e. The predicted octanol–water partition coefficient (Wildman–Crippen LogP) is -11.1. The molecule has 3 rings (SSSR count). The van der Waals surface area contributed by atoms with Crippen LogP contribution in [-0.2, 0) is 84.8 Å². The Labute approximate surface area is 487 Å². The minimum absolute atomic E-state index is 0.0517. The van der Waals surface area contributed by atoms with Gasteiger partial charge in [-0.2, -0.15) is 0 Å². The lowest BCUT2D eigenvalue weighted by Gasteiger charge is -2.30. The van der Waals surface area contributed by atoms with Crippen LogP contribution in [0.15, 0.2) is 25.0 Å². The van der Waals surface area contributed by atoms with Crippen molar-refractivity contribution >= 4 is 88.7 Å². The average molecular weight is 1220 g/mol. The lowest BCUT2D eigenvalue weighted by Crippen LogP contribution is -2.63. The molecule has 13 atom stereocenters. The van der Waals surface area contributed by atoms with Gasteiger partial charge < -0.3 is 111 Å². The van der Waals surface area contributed by atoms with Gasteiger partial charge in [-0.05, 0) is 40.0 Å². The third-order valence-electron chi connectivity index (χ3n) is 12.8. The van der Waals surface area contributed by atoms with Crippen LogP contribution in [-0.4, -0.2) is 231 Å². The summed E-state index contributed by atoms with van der Waals surface area (Å²) in [7, 11) is 0. The maximum Gasteiger partial charge on any atom is 0.325 e. The number of aromatic nitrogens is 4. The van der Waals surface area contributed by atoms with E-state index in [-0.39, 0.29) is 31.5 Å². The van der Waals surface area contributed by atoms with Crippen LogP contribution in [0.5, 0.6) is 0 Å². The van der Waals surface area contributed by atoms with Crippen LogP contribution in [0.25, 0.3) is 0 Å². The fourth-order valence-corrected chi connectivity index (χ4v) is 8.31. The van der Waals surface area contributed by atoms with E-state index in [0.29, 0.717) is 5.69 Å². The summed E-state index contributed by atoms with van der Waals surface area (Å²) >= 11 is 0. The number of aromatic amines is 2. The van der Waals surface area contributed by atoms with E-state index in [1.54, 1.807) is 0 Å². The zero-order valence-electron chi connectivity index (χ0n) is 46.6. The smallest absolute Gasteiger partial charge is 0.325 e. The molecule has 2 aromatic rings. The average Bonchev–Trinajstić information content (AvgIpc) is 4.28. The Morgan fingerprint density at radius 2 is 1.01 bits per heavy atom. The second-order valence-electron chi connectivity index (χ2n) is 19.9. The topological polar surface area (TPSA) is 630 Å². The van der Waals surface area contributed by atoms with Gasteiger partial charge in [-0.25, -0.2) is 9.97 Å². The van der Waals surface area contributed by atoms with Crippen LogP contribution in [0.4, 0.5) is 0 Å². The number of amides is 13. The minimum Gasteiger partial charge on any atom is -0.481 e. The number of hydrogen-bond donors (Lipinski definition) is 20. The number of imidazole rings is 2. The van der Waals surface area contributed by atoms with Crippen LogP contribution < -0.4 is 70.8 Å². The second kappa shape index (κ2) is 33.6. The van der Waals surface area contributed by atoms with Gasteiger partial charge >= 0.3 is 11.9 Å². The quantitative estimate of drug-likeness (QED) is 0.0301. The summed E-state index contributed by atoms with van der Waals surface area (Å²) in [5, 5.41) is 70.1. The number of rotatable bonds is 36. The Bertz CT molecular complexity index is 2780. The fourth-order valence-electron chi connectivity index (χ4n) is 8.31. The van der Waals surface area contributed by atoms with E-state index in [0.717, 1.165) is 25.7 Å². The highest BCUT2D eigenvalue weighted by Crippen LogP contribution is 2.20. The predicted molar refractivity (Wildman–Crippen MR) is 287 cm³/mol. The fraction of sp³-hybridized carbons (Fsp3) is 0.562. The summed E-state index contributed by atoms with van der Waals surface area (Å²) in [6.45, 7) is 1.78. The van der Waals surface area contributed by atoms with E-state index < -0.39 is 213 Å². The van der Waals surface area contributed by atoms with E-state index in [9.17, 15) is 97.5 Å². The molecule has 2 aromatic heterocycles. The summed E-state index contributed by atoms with van der Waals surface area (Å²) in [5.74, 6) is -18.7. The van der Waals surface area contributed by atoms with E-state index >= 15 is 0 Å². The molecule has 0 spiro atoms. The van der Waals surface area contributed by atoms with Gasteiger partial charge in [-0.1, -0.05) is 0 Å². The lowest BCUT2D eigenvalue weighted by molar-refractivity contribution is -0.144. The number of aliphatic carboxylic acids is 2. The number of aliphatic hydroxyl groups is 3. The van der Waals surface area contributed by atoms with Crippen molar-refractivity contribution in [2.75, 3.05) is 13.2 Å². The van der Waals surface area contributed by atoms with Crippen molar-refractivity contribution in [1.29, 1.82) is 0 Å². The van der Waals surface area contributed by atoms with Crippen LogP contribution in [0.3, 0.4) is 0 Å². The Hall–Kier alpha value is -9.69. The van der Waals surface area contributed by atoms with Gasteiger partial charge in [0.1, 0.15) is 60.4 Å². The van der Waals surface area contributed by atoms with Crippen molar-refractivity contribution in [2.24, 2.45) is 22.9 Å². The van der Waals surface area contributed by atoms with Crippen molar-refractivity contribution in [3.05, 3.63) is 36.4 Å². The standard InChI is InChI=1S/C48H72N18O20/c1-19(48(85)86)57-39(76)25(6-7-32(50)70)58-40(77)27(11-33(51)71)60-44(81)31-5-4-8-66(31)47(84)30(16-67)63-42(79)29(13-35(73)74)59-41(78)28(12-34(52)72)62-46(83)37(21(3)69)65-43(80)26(10-23-15-54-18-56-23)61-45(82)36(20(2)68)64-38(75)24(49)9-22-14-53-17-55-22/h14-15,17-21,24-31,36-37,67-69H,4-13,16,49H2,1-3H3,(H2,50,70)(H2,51,71)(H2,52,72)(H,53,55)(H,54,56)(H,57,76)(H,58,77)(H,59,78)(H,60,81)(H,61,82)(H,62,83)(H,63,79)(H,64,75)(H,65,80)(H,73,74)(H,85,86)/t19-,20+,21+,24-,25-,26-,27-,28-,29-,30-,31-,36-,37-/m0/s1. The van der Waals surface area contributed by atoms with Gasteiger partial charge in [0.25, 0.3) is 0 Å². The Balaban J connectivity index is 1.80. The molecule has 86 heavy (non-hydrogen) atoms. The molecule has 0 aromatic carbocycles. The van der Waals surface area contributed by atoms with Crippen molar-refractivity contribution in [3.8, 4) is 0 Å². The van der Waals surface area contributed by atoms with Crippen LogP contribution in [0, 0.1) is 0 Å². The molecule has 1 aliphatic heterocycles. The van der Waals surface area contributed by atoms with Crippen molar-refractivity contribution < 1.29 is 97.5 Å². The number of nitrogens with two attached hydrogens (primary N) is 4. The second-order valence-corrected chi connectivity index (χ2v) is 19.9. The highest BCUT2D eigenvalue weighted by Gasteiger charge is 2.42. The molecule has 1 fully saturated rings. The Kier molecular flexibility index (Phi) is 27.5. The van der Waals surface area contributed by atoms with Crippen LogP contribution in [0.1, 0.15) is 77.1 Å². The number of primary amides is 3.